The van der Waals surface area contributed by atoms with Crippen LogP contribution in [0.5, 0.6) is 0 Å². The molecular weight excluding hydrogens is 231 g/mol. The summed E-state index contributed by atoms with van der Waals surface area (Å²) in [6.45, 7) is 3.66. The zero-order valence-corrected chi connectivity index (χ0v) is 10.7. The Hall–Kier alpha value is -1.42. The molecule has 0 saturated carbocycles. The van der Waals surface area contributed by atoms with E-state index in [0.717, 1.165) is 18.5 Å². The molecule has 0 bridgehead atoms. The first-order valence-electron chi connectivity index (χ1n) is 6.39. The number of carbonyl (C=O) groups is 1. The zero-order chi connectivity index (χ0) is 13.1. The minimum Gasteiger partial charge on any atom is -0.338 e. The number of nitrogens with two attached hydrogens (primary N) is 1. The minimum absolute atomic E-state index is 0.186. The van der Waals surface area contributed by atoms with Crippen LogP contribution in [0.1, 0.15) is 30.9 Å². The van der Waals surface area contributed by atoms with E-state index in [9.17, 15) is 9.18 Å². The molecule has 1 heterocycles. The first-order valence-corrected chi connectivity index (χ1v) is 6.39. The summed E-state index contributed by atoms with van der Waals surface area (Å²) in [7, 11) is 0. The van der Waals surface area contributed by atoms with Crippen molar-refractivity contribution < 1.29 is 9.18 Å². The van der Waals surface area contributed by atoms with Crippen LogP contribution in [0.3, 0.4) is 0 Å². The van der Waals surface area contributed by atoms with Crippen molar-refractivity contribution in [2.45, 2.75) is 32.9 Å². The van der Waals surface area contributed by atoms with E-state index in [0.29, 0.717) is 24.4 Å². The van der Waals surface area contributed by atoms with Crippen molar-refractivity contribution >= 4 is 5.91 Å². The average Bonchev–Trinajstić information content (AvgIpc) is 2.72. The summed E-state index contributed by atoms with van der Waals surface area (Å²) in [5, 5.41) is 0. The molecule has 1 saturated heterocycles. The summed E-state index contributed by atoms with van der Waals surface area (Å²) in [5.74, 6) is 0.382. The first kappa shape index (κ1) is 13.0. The molecule has 0 spiro atoms. The fourth-order valence-corrected chi connectivity index (χ4v) is 2.38. The highest BCUT2D eigenvalue weighted by Crippen LogP contribution is 2.23. The molecular formula is C14H19FN2O. The summed E-state index contributed by atoms with van der Waals surface area (Å²) in [6.07, 6.45) is 1.67. The highest BCUT2D eigenvalue weighted by atomic mass is 19.1. The number of amides is 1. The number of nitrogens with zero attached hydrogens (tertiary/aromatic N) is 1. The Morgan fingerprint density at radius 1 is 1.50 bits per heavy atom. The lowest BCUT2D eigenvalue weighted by atomic mass is 10.1. The van der Waals surface area contributed by atoms with Crippen molar-refractivity contribution in [3.05, 3.63) is 35.1 Å². The van der Waals surface area contributed by atoms with Gasteiger partial charge in [0.05, 0.1) is 0 Å². The van der Waals surface area contributed by atoms with Crippen molar-refractivity contribution in [2.75, 3.05) is 6.54 Å². The molecule has 0 radical (unpaired) electrons. The fourth-order valence-electron chi connectivity index (χ4n) is 2.38. The lowest BCUT2D eigenvalue weighted by Crippen LogP contribution is -2.24. The summed E-state index contributed by atoms with van der Waals surface area (Å²) in [4.78, 5) is 13.6. The maximum atomic E-state index is 13.3. The normalized spacial score (nSPS) is 19.6. The van der Waals surface area contributed by atoms with Gasteiger partial charge in [-0.15, -0.1) is 0 Å². The Morgan fingerprint density at radius 2 is 2.28 bits per heavy atom. The number of likely N-dealkylation sites (tertiary alicyclic amines) is 1. The molecule has 4 heteroatoms. The Bertz CT molecular complexity index is 447. The third-order valence-electron chi connectivity index (χ3n) is 3.58. The number of hydrogen-bond donors (Lipinski definition) is 1. The van der Waals surface area contributed by atoms with Gasteiger partial charge in [-0.2, -0.15) is 0 Å². The predicted octanol–water partition coefficient (Wildman–Crippen LogP) is 2.04. The number of rotatable bonds is 4. The molecule has 1 atom stereocenters. The predicted molar refractivity (Wildman–Crippen MR) is 68.1 cm³/mol. The molecule has 1 unspecified atom stereocenters. The van der Waals surface area contributed by atoms with Gasteiger partial charge in [0.1, 0.15) is 5.82 Å². The van der Waals surface area contributed by atoms with Crippen LogP contribution in [-0.2, 0) is 17.9 Å². The van der Waals surface area contributed by atoms with Crippen LogP contribution in [-0.4, -0.2) is 17.4 Å². The van der Waals surface area contributed by atoms with E-state index in [1.54, 1.807) is 12.1 Å². The fraction of sp³-hybridized carbons (Fsp3) is 0.500. The van der Waals surface area contributed by atoms with Gasteiger partial charge in [-0.3, -0.25) is 4.79 Å². The molecule has 18 heavy (non-hydrogen) atoms. The minimum atomic E-state index is -0.277. The monoisotopic (exact) mass is 250 g/mol. The van der Waals surface area contributed by atoms with Gasteiger partial charge in [-0.05, 0) is 23.6 Å². The molecule has 1 amide bonds. The second-order valence-corrected chi connectivity index (χ2v) is 4.88. The van der Waals surface area contributed by atoms with Gasteiger partial charge >= 0.3 is 0 Å². The lowest BCUT2D eigenvalue weighted by Gasteiger charge is -2.17. The topological polar surface area (TPSA) is 46.3 Å². The number of halogens is 1. The molecule has 1 aromatic carbocycles. The highest BCUT2D eigenvalue weighted by Gasteiger charge is 2.28. The number of hydrogen-bond acceptors (Lipinski definition) is 2. The zero-order valence-electron chi connectivity index (χ0n) is 10.7. The van der Waals surface area contributed by atoms with Gasteiger partial charge in [0, 0.05) is 31.6 Å². The van der Waals surface area contributed by atoms with Crippen LogP contribution in [0.15, 0.2) is 18.2 Å². The molecule has 2 rings (SSSR count). The largest absolute Gasteiger partial charge is 0.338 e. The Labute approximate surface area is 107 Å². The second kappa shape index (κ2) is 5.48. The lowest BCUT2D eigenvalue weighted by molar-refractivity contribution is -0.128. The van der Waals surface area contributed by atoms with Gasteiger partial charge in [0.15, 0.2) is 0 Å². The maximum Gasteiger partial charge on any atom is 0.223 e. The van der Waals surface area contributed by atoms with Crippen LogP contribution in [0.2, 0.25) is 0 Å². The van der Waals surface area contributed by atoms with Crippen LogP contribution in [0, 0.1) is 11.7 Å². The van der Waals surface area contributed by atoms with Crippen molar-refractivity contribution in [2.24, 2.45) is 11.7 Å². The van der Waals surface area contributed by atoms with Crippen LogP contribution in [0.4, 0.5) is 4.39 Å². The highest BCUT2D eigenvalue weighted by molar-refractivity contribution is 5.78. The van der Waals surface area contributed by atoms with Crippen molar-refractivity contribution in [1.82, 2.24) is 4.90 Å². The number of benzene rings is 1. The van der Waals surface area contributed by atoms with E-state index in [4.69, 9.17) is 5.73 Å². The Morgan fingerprint density at radius 3 is 2.89 bits per heavy atom. The van der Waals surface area contributed by atoms with E-state index in [2.05, 4.69) is 6.92 Å². The van der Waals surface area contributed by atoms with E-state index in [1.165, 1.54) is 6.07 Å². The van der Waals surface area contributed by atoms with Crippen molar-refractivity contribution in [3.63, 3.8) is 0 Å². The van der Waals surface area contributed by atoms with E-state index >= 15 is 0 Å². The Balaban J connectivity index is 2.08. The molecule has 1 fully saturated rings. The average molecular weight is 250 g/mol. The Kier molecular flexibility index (Phi) is 3.97. The molecule has 0 aromatic heterocycles. The molecule has 1 aliphatic heterocycles. The van der Waals surface area contributed by atoms with Gasteiger partial charge in [-0.1, -0.05) is 19.4 Å². The maximum absolute atomic E-state index is 13.3. The smallest absolute Gasteiger partial charge is 0.223 e. The van der Waals surface area contributed by atoms with Gasteiger partial charge in [0.25, 0.3) is 0 Å². The molecule has 98 valence electrons. The summed E-state index contributed by atoms with van der Waals surface area (Å²) in [6, 6.07) is 4.90. The summed E-state index contributed by atoms with van der Waals surface area (Å²) in [5.41, 5.74) is 6.93. The third kappa shape index (κ3) is 2.70. The van der Waals surface area contributed by atoms with Crippen LogP contribution in [0.25, 0.3) is 0 Å². The van der Waals surface area contributed by atoms with Crippen molar-refractivity contribution in [3.8, 4) is 0 Å². The first-order chi connectivity index (χ1) is 8.63. The van der Waals surface area contributed by atoms with Gasteiger partial charge in [-0.25, -0.2) is 4.39 Å². The number of carbonyl (C=O) groups excluding carboxylic acids is 1. The molecule has 0 aliphatic carbocycles. The van der Waals surface area contributed by atoms with Gasteiger partial charge < -0.3 is 10.6 Å². The van der Waals surface area contributed by atoms with E-state index in [1.807, 2.05) is 4.90 Å². The summed E-state index contributed by atoms with van der Waals surface area (Å²) >= 11 is 0. The van der Waals surface area contributed by atoms with Crippen molar-refractivity contribution in [1.29, 1.82) is 0 Å². The van der Waals surface area contributed by atoms with Gasteiger partial charge in [0.2, 0.25) is 5.91 Å². The van der Waals surface area contributed by atoms with E-state index < -0.39 is 0 Å². The van der Waals surface area contributed by atoms with E-state index in [-0.39, 0.29) is 18.3 Å². The quantitative estimate of drug-likeness (QED) is 0.889. The van der Waals surface area contributed by atoms with Crippen LogP contribution < -0.4 is 5.73 Å². The molecule has 2 N–H and O–H groups in total. The second-order valence-electron chi connectivity index (χ2n) is 4.88. The SMILES string of the molecule is CCC1CC(=O)N(Cc2ccc(F)c(CN)c2)C1. The molecule has 1 aliphatic rings. The molecule has 3 nitrogen and oxygen atoms in total. The molecule has 1 aromatic rings. The van der Waals surface area contributed by atoms with Crippen LogP contribution >= 0.6 is 0 Å². The standard InChI is InChI=1S/C14H19FN2O/c1-2-10-6-14(18)17(8-10)9-11-3-4-13(15)12(5-11)7-16/h3-5,10H,2,6-9,16H2,1H3. The third-order valence-corrected chi connectivity index (χ3v) is 3.58. The summed E-state index contributed by atoms with van der Waals surface area (Å²) < 4.78 is 13.3.